The van der Waals surface area contributed by atoms with Crippen LogP contribution in [0.4, 0.5) is 10.6 Å². The lowest BCUT2D eigenvalue weighted by Crippen LogP contribution is -2.56. The van der Waals surface area contributed by atoms with Gasteiger partial charge in [0.1, 0.15) is 11.4 Å². The van der Waals surface area contributed by atoms with E-state index in [0.29, 0.717) is 31.3 Å². The van der Waals surface area contributed by atoms with Crippen LogP contribution in [0.15, 0.2) is 9.63 Å². The predicted octanol–water partition coefficient (Wildman–Crippen LogP) is 5.78. The van der Waals surface area contributed by atoms with Gasteiger partial charge in [-0.05, 0) is 66.4 Å². The number of rotatable bonds is 3. The van der Waals surface area contributed by atoms with Crippen LogP contribution >= 0.6 is 39.3 Å². The molecule has 4 heterocycles. The molecule has 0 radical (unpaired) electrons. The molecule has 178 valence electrons. The molecule has 1 aromatic carbocycles. The number of halogens is 2. The van der Waals surface area contributed by atoms with Gasteiger partial charge in [-0.25, -0.2) is 14.8 Å². The SMILES string of the molecule is CCSc1nc(N2C3CCC2CN(C(=O)OC(C)(C)C)C3)c2c3c(c(Br)c(Cl)c2n1)COC3. The van der Waals surface area contributed by atoms with Crippen molar-refractivity contribution < 1.29 is 14.3 Å². The number of benzene rings is 1. The van der Waals surface area contributed by atoms with Crippen molar-refractivity contribution in [1.29, 1.82) is 0 Å². The summed E-state index contributed by atoms with van der Waals surface area (Å²) in [4.78, 5) is 26.9. The molecule has 2 bridgehead atoms. The maximum absolute atomic E-state index is 12.8. The molecular formula is C23H28BrClN4O3S. The van der Waals surface area contributed by atoms with Crippen molar-refractivity contribution in [3.05, 3.63) is 20.6 Å². The molecule has 0 saturated carbocycles. The Morgan fingerprint density at radius 3 is 2.52 bits per heavy atom. The van der Waals surface area contributed by atoms with Crippen LogP contribution < -0.4 is 4.90 Å². The van der Waals surface area contributed by atoms with Gasteiger partial charge < -0.3 is 19.3 Å². The Hall–Kier alpha value is -1.29. The second kappa shape index (κ2) is 8.73. The highest BCUT2D eigenvalue weighted by atomic mass is 79.9. The Balaban J connectivity index is 1.59. The molecule has 0 aliphatic carbocycles. The molecule has 10 heteroatoms. The van der Waals surface area contributed by atoms with Gasteiger partial charge in [0.25, 0.3) is 0 Å². The number of hydrogen-bond donors (Lipinski definition) is 0. The number of likely N-dealkylation sites (tertiary alicyclic amines) is 1. The van der Waals surface area contributed by atoms with Crippen LogP contribution in [0.1, 0.15) is 51.7 Å². The number of anilines is 1. The van der Waals surface area contributed by atoms with Crippen LogP contribution in [0.3, 0.4) is 0 Å². The smallest absolute Gasteiger partial charge is 0.410 e. The van der Waals surface area contributed by atoms with Gasteiger partial charge in [-0.2, -0.15) is 0 Å². The summed E-state index contributed by atoms with van der Waals surface area (Å²) < 4.78 is 12.3. The molecule has 33 heavy (non-hydrogen) atoms. The van der Waals surface area contributed by atoms with Gasteiger partial charge in [-0.15, -0.1) is 0 Å². The third-order valence-electron chi connectivity index (χ3n) is 6.35. The second-order valence-corrected chi connectivity index (χ2v) is 12.1. The lowest BCUT2D eigenvalue weighted by atomic mass is 10.0. The minimum atomic E-state index is -0.507. The van der Waals surface area contributed by atoms with Crippen LogP contribution in [-0.2, 0) is 22.7 Å². The van der Waals surface area contributed by atoms with Crippen molar-refractivity contribution in [2.75, 3.05) is 23.7 Å². The third-order valence-corrected chi connectivity index (χ3v) is 8.55. The van der Waals surface area contributed by atoms with E-state index in [1.54, 1.807) is 11.8 Å². The lowest BCUT2D eigenvalue weighted by molar-refractivity contribution is 0.0209. The maximum atomic E-state index is 12.8. The van der Waals surface area contributed by atoms with Crippen molar-refractivity contribution >= 4 is 62.1 Å². The zero-order valence-corrected chi connectivity index (χ0v) is 22.4. The van der Waals surface area contributed by atoms with Crippen LogP contribution in [0.5, 0.6) is 0 Å². The van der Waals surface area contributed by atoms with Crippen molar-refractivity contribution in [3.63, 3.8) is 0 Å². The molecule has 2 aromatic rings. The predicted molar refractivity (Wildman–Crippen MR) is 134 cm³/mol. The Morgan fingerprint density at radius 1 is 1.21 bits per heavy atom. The largest absolute Gasteiger partial charge is 0.444 e. The molecule has 1 amide bonds. The molecule has 3 aliphatic rings. The lowest BCUT2D eigenvalue weighted by Gasteiger charge is -2.42. The monoisotopic (exact) mass is 554 g/mol. The number of carbonyl (C=O) groups is 1. The number of thioether (sulfide) groups is 1. The molecule has 0 N–H and O–H groups in total. The van der Waals surface area contributed by atoms with Gasteiger partial charge in [0.2, 0.25) is 0 Å². The highest BCUT2D eigenvalue weighted by Gasteiger charge is 2.44. The summed E-state index contributed by atoms with van der Waals surface area (Å²) in [5.74, 6) is 1.79. The molecule has 1 aromatic heterocycles. The number of nitrogens with zero attached hydrogens (tertiary/aromatic N) is 4. The summed E-state index contributed by atoms with van der Waals surface area (Å²) >= 11 is 12.1. The number of fused-ring (bicyclic) bond motifs is 5. The summed E-state index contributed by atoms with van der Waals surface area (Å²) in [6.07, 6.45) is 1.78. The molecule has 2 saturated heterocycles. The van der Waals surface area contributed by atoms with Gasteiger partial charge in [0.15, 0.2) is 5.16 Å². The van der Waals surface area contributed by atoms with Crippen molar-refractivity contribution in [2.45, 2.75) is 76.6 Å². The first-order valence-electron chi connectivity index (χ1n) is 11.3. The van der Waals surface area contributed by atoms with E-state index >= 15 is 0 Å². The van der Waals surface area contributed by atoms with Crippen molar-refractivity contribution in [2.24, 2.45) is 0 Å². The first-order valence-corrected chi connectivity index (χ1v) is 13.5. The zero-order chi connectivity index (χ0) is 23.5. The average molecular weight is 556 g/mol. The second-order valence-electron chi connectivity index (χ2n) is 9.74. The van der Waals surface area contributed by atoms with Gasteiger partial charge in [0, 0.05) is 29.6 Å². The Morgan fingerprint density at radius 2 is 1.88 bits per heavy atom. The molecule has 3 aliphatic heterocycles. The average Bonchev–Trinajstić information content (AvgIpc) is 3.33. The molecule has 0 spiro atoms. The Bertz CT molecular complexity index is 1110. The van der Waals surface area contributed by atoms with E-state index < -0.39 is 5.60 Å². The number of aromatic nitrogens is 2. The van der Waals surface area contributed by atoms with Crippen molar-refractivity contribution in [1.82, 2.24) is 14.9 Å². The summed E-state index contributed by atoms with van der Waals surface area (Å²) in [7, 11) is 0. The summed E-state index contributed by atoms with van der Waals surface area (Å²) in [5.41, 5.74) is 2.45. The number of carbonyl (C=O) groups excluding carboxylic acids is 1. The zero-order valence-electron chi connectivity index (χ0n) is 19.3. The molecule has 5 rings (SSSR count). The number of amides is 1. The highest BCUT2D eigenvalue weighted by molar-refractivity contribution is 9.10. The van der Waals surface area contributed by atoms with Gasteiger partial charge >= 0.3 is 6.09 Å². The number of ether oxygens (including phenoxy) is 2. The Labute approximate surface area is 211 Å². The topological polar surface area (TPSA) is 67.8 Å². The molecule has 2 atom stereocenters. The van der Waals surface area contributed by atoms with Crippen LogP contribution in [-0.4, -0.2) is 57.5 Å². The van der Waals surface area contributed by atoms with E-state index in [0.717, 1.165) is 56.1 Å². The van der Waals surface area contributed by atoms with Gasteiger partial charge in [-0.3, -0.25) is 0 Å². The summed E-state index contributed by atoms with van der Waals surface area (Å²) in [6.45, 7) is 10.1. The molecule has 2 unspecified atom stereocenters. The normalized spacial score (nSPS) is 22.2. The third kappa shape index (κ3) is 4.19. The molecular weight excluding hydrogens is 528 g/mol. The quantitative estimate of drug-likeness (QED) is 0.351. The fourth-order valence-corrected chi connectivity index (χ4v) is 6.41. The molecule has 7 nitrogen and oxygen atoms in total. The van der Waals surface area contributed by atoms with E-state index in [1.165, 1.54) is 0 Å². The van der Waals surface area contributed by atoms with E-state index in [1.807, 2.05) is 25.7 Å². The number of piperazine rings is 1. The first kappa shape index (κ1) is 23.5. The summed E-state index contributed by atoms with van der Waals surface area (Å²) in [6, 6.07) is 0.350. The van der Waals surface area contributed by atoms with Gasteiger partial charge in [-0.1, -0.05) is 30.3 Å². The minimum absolute atomic E-state index is 0.175. The van der Waals surface area contributed by atoms with Crippen LogP contribution in [0.25, 0.3) is 10.9 Å². The van der Waals surface area contributed by atoms with E-state index in [4.69, 9.17) is 31.0 Å². The standard InChI is InChI=1S/C23H28BrClN4O3S/c1-5-33-21-26-19-16(14-10-31-11-15(14)17(24)18(19)25)20(27-21)29-12-6-7-13(29)9-28(8-12)22(30)32-23(2,3)4/h12-13H,5-11H2,1-4H3. The van der Waals surface area contributed by atoms with E-state index in [2.05, 4.69) is 27.8 Å². The fraction of sp³-hybridized carbons (Fsp3) is 0.609. The maximum Gasteiger partial charge on any atom is 0.410 e. The van der Waals surface area contributed by atoms with Crippen LogP contribution in [0.2, 0.25) is 5.02 Å². The van der Waals surface area contributed by atoms with Crippen LogP contribution in [0, 0.1) is 0 Å². The Kier molecular flexibility index (Phi) is 6.21. The van der Waals surface area contributed by atoms with E-state index in [-0.39, 0.29) is 18.2 Å². The first-order chi connectivity index (χ1) is 15.7. The summed E-state index contributed by atoms with van der Waals surface area (Å²) in [5, 5.41) is 2.32. The number of hydrogen-bond acceptors (Lipinski definition) is 7. The molecule has 2 fully saturated rings. The van der Waals surface area contributed by atoms with Gasteiger partial charge in [0.05, 0.1) is 29.1 Å². The fourth-order valence-electron chi connectivity index (χ4n) is 5.06. The highest BCUT2D eigenvalue weighted by Crippen LogP contribution is 2.46. The minimum Gasteiger partial charge on any atom is -0.444 e. The van der Waals surface area contributed by atoms with E-state index in [9.17, 15) is 4.79 Å². The van der Waals surface area contributed by atoms with Crippen molar-refractivity contribution in [3.8, 4) is 0 Å².